The fraction of sp³-hybridized carbons (Fsp3) is 0.533. The van der Waals surface area contributed by atoms with Gasteiger partial charge < -0.3 is 4.90 Å². The van der Waals surface area contributed by atoms with E-state index in [2.05, 4.69) is 22.9 Å². The molecular weight excluding hydrogens is 328 g/mol. The van der Waals surface area contributed by atoms with Crippen molar-refractivity contribution in [2.24, 2.45) is 5.92 Å². The van der Waals surface area contributed by atoms with E-state index in [9.17, 15) is 13.6 Å². The molecule has 1 fully saturated rings. The molecule has 2 unspecified atom stereocenters. The molecule has 2 atom stereocenters. The van der Waals surface area contributed by atoms with Crippen LogP contribution in [0.2, 0.25) is 0 Å². The first-order valence-corrected chi connectivity index (χ1v) is 7.62. The van der Waals surface area contributed by atoms with E-state index in [1.165, 1.54) is 4.90 Å². The number of hydrogen-bond acceptors (Lipinski definition) is 1. The molecule has 0 aliphatic heterocycles. The third-order valence-corrected chi connectivity index (χ3v) is 4.56. The number of nitrogens with zero attached hydrogens (tertiary/aromatic N) is 1. The van der Waals surface area contributed by atoms with Gasteiger partial charge >= 0.3 is 0 Å². The molecule has 0 N–H and O–H groups in total. The van der Waals surface area contributed by atoms with E-state index in [1.54, 1.807) is 7.05 Å². The van der Waals surface area contributed by atoms with Crippen LogP contribution in [0, 0.1) is 17.6 Å². The highest BCUT2D eigenvalue weighted by molar-refractivity contribution is 9.10. The SMILES string of the molecule is CC1CCCCC1N(C)C(=O)c1c(F)cc(Br)cc1F. The van der Waals surface area contributed by atoms with Crippen molar-refractivity contribution >= 4 is 21.8 Å². The molecule has 2 nitrogen and oxygen atoms in total. The summed E-state index contributed by atoms with van der Waals surface area (Å²) < 4.78 is 28.0. The molecule has 0 aromatic heterocycles. The minimum absolute atomic E-state index is 0.0543. The van der Waals surface area contributed by atoms with Crippen LogP contribution in [0.4, 0.5) is 8.78 Å². The van der Waals surface area contributed by atoms with Crippen LogP contribution in [-0.2, 0) is 0 Å². The Kier molecular flexibility index (Phi) is 4.78. The number of carbonyl (C=O) groups is 1. The highest BCUT2D eigenvalue weighted by Crippen LogP contribution is 2.29. The molecule has 2 rings (SSSR count). The minimum Gasteiger partial charge on any atom is -0.338 e. The molecule has 1 amide bonds. The van der Waals surface area contributed by atoms with Crippen LogP contribution in [0.1, 0.15) is 43.0 Å². The summed E-state index contributed by atoms with van der Waals surface area (Å²) in [5, 5.41) is 0. The molecule has 0 saturated heterocycles. The zero-order valence-corrected chi connectivity index (χ0v) is 13.2. The number of amides is 1. The number of benzene rings is 1. The van der Waals surface area contributed by atoms with Gasteiger partial charge in [-0.2, -0.15) is 0 Å². The summed E-state index contributed by atoms with van der Waals surface area (Å²) >= 11 is 3.01. The van der Waals surface area contributed by atoms with E-state index in [1.807, 2.05) is 0 Å². The zero-order valence-electron chi connectivity index (χ0n) is 11.6. The maximum atomic E-state index is 13.9. The standard InChI is InChI=1S/C15H18BrF2NO/c1-9-5-3-4-6-13(9)19(2)15(20)14-11(17)7-10(16)8-12(14)18/h7-9,13H,3-6H2,1-2H3. The average Bonchev–Trinajstić information content (AvgIpc) is 2.37. The Morgan fingerprint density at radius 1 is 1.25 bits per heavy atom. The van der Waals surface area contributed by atoms with Gasteiger partial charge in [0.05, 0.1) is 0 Å². The van der Waals surface area contributed by atoms with Gasteiger partial charge in [-0.3, -0.25) is 4.79 Å². The predicted molar refractivity (Wildman–Crippen MR) is 77.6 cm³/mol. The molecule has 5 heteroatoms. The third kappa shape index (κ3) is 3.03. The second kappa shape index (κ2) is 6.20. The molecule has 1 aromatic carbocycles. The Hall–Kier alpha value is -0.970. The smallest absolute Gasteiger partial charge is 0.259 e. The number of hydrogen-bond donors (Lipinski definition) is 0. The van der Waals surface area contributed by atoms with E-state index in [0.29, 0.717) is 5.92 Å². The largest absolute Gasteiger partial charge is 0.338 e. The highest BCUT2D eigenvalue weighted by atomic mass is 79.9. The van der Waals surface area contributed by atoms with Crippen LogP contribution < -0.4 is 0 Å². The van der Waals surface area contributed by atoms with E-state index in [0.717, 1.165) is 37.8 Å². The summed E-state index contributed by atoms with van der Waals surface area (Å²) in [6.45, 7) is 2.09. The number of rotatable bonds is 2. The predicted octanol–water partition coefficient (Wildman–Crippen LogP) is 4.38. The van der Waals surface area contributed by atoms with Gasteiger partial charge in [0.25, 0.3) is 5.91 Å². The summed E-state index contributed by atoms with van der Waals surface area (Å²) in [4.78, 5) is 13.9. The molecule has 0 heterocycles. The number of carbonyl (C=O) groups excluding carboxylic acids is 1. The van der Waals surface area contributed by atoms with Crippen LogP contribution in [0.15, 0.2) is 16.6 Å². The quantitative estimate of drug-likeness (QED) is 0.778. The second-order valence-electron chi connectivity index (χ2n) is 5.49. The van der Waals surface area contributed by atoms with Crippen LogP contribution in [0.5, 0.6) is 0 Å². The van der Waals surface area contributed by atoms with Crippen LogP contribution >= 0.6 is 15.9 Å². The fourth-order valence-electron chi connectivity index (χ4n) is 2.95. The first kappa shape index (κ1) is 15.4. The van der Waals surface area contributed by atoms with Crippen molar-refractivity contribution in [2.45, 2.75) is 38.6 Å². The van der Waals surface area contributed by atoms with Crippen molar-refractivity contribution in [3.05, 3.63) is 33.8 Å². The summed E-state index contributed by atoms with van der Waals surface area (Å²) in [5.74, 6) is -1.86. The van der Waals surface area contributed by atoms with Crippen molar-refractivity contribution in [1.82, 2.24) is 4.90 Å². The Labute approximate surface area is 126 Å². The lowest BCUT2D eigenvalue weighted by Gasteiger charge is -2.36. The average molecular weight is 346 g/mol. The lowest BCUT2D eigenvalue weighted by Crippen LogP contribution is -2.43. The van der Waals surface area contributed by atoms with Crippen molar-refractivity contribution in [3.8, 4) is 0 Å². The van der Waals surface area contributed by atoms with E-state index in [-0.39, 0.29) is 10.5 Å². The topological polar surface area (TPSA) is 20.3 Å². The molecular formula is C15H18BrF2NO. The summed E-state index contributed by atoms with van der Waals surface area (Å²) in [5.41, 5.74) is -0.464. The Morgan fingerprint density at radius 3 is 2.35 bits per heavy atom. The minimum atomic E-state index is -0.822. The molecule has 0 spiro atoms. The fourth-order valence-corrected chi connectivity index (χ4v) is 3.35. The van der Waals surface area contributed by atoms with Gasteiger partial charge in [-0.25, -0.2) is 8.78 Å². The first-order valence-electron chi connectivity index (χ1n) is 6.83. The van der Waals surface area contributed by atoms with E-state index < -0.39 is 23.1 Å². The van der Waals surface area contributed by atoms with Crippen LogP contribution in [0.25, 0.3) is 0 Å². The zero-order chi connectivity index (χ0) is 14.9. The van der Waals surface area contributed by atoms with Crippen molar-refractivity contribution in [2.75, 3.05) is 7.05 Å². The lowest BCUT2D eigenvalue weighted by atomic mass is 9.85. The third-order valence-electron chi connectivity index (χ3n) is 4.10. The Bertz CT molecular complexity index is 498. The normalized spacial score (nSPS) is 22.6. The van der Waals surface area contributed by atoms with Gasteiger partial charge in [-0.1, -0.05) is 35.7 Å². The monoisotopic (exact) mass is 345 g/mol. The van der Waals surface area contributed by atoms with Gasteiger partial charge in [0.15, 0.2) is 0 Å². The van der Waals surface area contributed by atoms with Gasteiger partial charge in [-0.05, 0) is 30.9 Å². The Morgan fingerprint density at radius 2 is 1.80 bits per heavy atom. The summed E-state index contributed by atoms with van der Waals surface area (Å²) in [6, 6.07) is 2.29. The van der Waals surface area contributed by atoms with Crippen molar-refractivity contribution in [3.63, 3.8) is 0 Å². The summed E-state index contributed by atoms with van der Waals surface area (Å²) in [7, 11) is 1.63. The second-order valence-corrected chi connectivity index (χ2v) is 6.41. The molecule has 110 valence electrons. The lowest BCUT2D eigenvalue weighted by molar-refractivity contribution is 0.0619. The van der Waals surface area contributed by atoms with Crippen LogP contribution in [-0.4, -0.2) is 23.9 Å². The van der Waals surface area contributed by atoms with Gasteiger partial charge in [0.1, 0.15) is 17.2 Å². The van der Waals surface area contributed by atoms with Crippen molar-refractivity contribution in [1.29, 1.82) is 0 Å². The Balaban J connectivity index is 2.27. The van der Waals surface area contributed by atoms with E-state index >= 15 is 0 Å². The van der Waals surface area contributed by atoms with Crippen molar-refractivity contribution < 1.29 is 13.6 Å². The molecule has 0 radical (unpaired) electrons. The number of halogens is 3. The van der Waals surface area contributed by atoms with Gasteiger partial charge in [0.2, 0.25) is 0 Å². The molecule has 0 bridgehead atoms. The maximum Gasteiger partial charge on any atom is 0.259 e. The molecule has 20 heavy (non-hydrogen) atoms. The first-order chi connectivity index (χ1) is 9.41. The molecule has 1 saturated carbocycles. The molecule has 1 aliphatic carbocycles. The highest BCUT2D eigenvalue weighted by Gasteiger charge is 2.31. The maximum absolute atomic E-state index is 13.9. The van der Waals surface area contributed by atoms with Gasteiger partial charge in [0, 0.05) is 17.6 Å². The summed E-state index contributed by atoms with van der Waals surface area (Å²) in [6.07, 6.45) is 4.15. The van der Waals surface area contributed by atoms with Crippen LogP contribution in [0.3, 0.4) is 0 Å². The molecule has 1 aromatic rings. The van der Waals surface area contributed by atoms with E-state index in [4.69, 9.17) is 0 Å². The molecule has 1 aliphatic rings. The van der Waals surface area contributed by atoms with Gasteiger partial charge in [-0.15, -0.1) is 0 Å².